The van der Waals surface area contributed by atoms with E-state index < -0.39 is 5.92 Å². The zero-order valence-electron chi connectivity index (χ0n) is 19.4. The van der Waals surface area contributed by atoms with Gasteiger partial charge in [0.05, 0.1) is 24.4 Å². The highest BCUT2D eigenvalue weighted by atomic mass is 32.1. The lowest BCUT2D eigenvalue weighted by molar-refractivity contribution is -0.122. The number of hydrogen-bond donors (Lipinski definition) is 1. The van der Waals surface area contributed by atoms with Crippen LogP contribution in [0.2, 0.25) is 0 Å². The molecule has 2 amide bonds. The number of fused-ring (bicyclic) bond motifs is 1. The summed E-state index contributed by atoms with van der Waals surface area (Å²) in [5.41, 5.74) is 4.11. The van der Waals surface area contributed by atoms with Gasteiger partial charge >= 0.3 is 0 Å². The zero-order valence-corrected chi connectivity index (χ0v) is 20.2. The van der Waals surface area contributed by atoms with Crippen molar-refractivity contribution in [3.63, 3.8) is 0 Å². The summed E-state index contributed by atoms with van der Waals surface area (Å²) in [6.45, 7) is 4.99. The van der Waals surface area contributed by atoms with E-state index in [4.69, 9.17) is 4.74 Å². The van der Waals surface area contributed by atoms with Gasteiger partial charge in [0, 0.05) is 43.9 Å². The average Bonchev–Trinajstić information content (AvgIpc) is 3.42. The van der Waals surface area contributed by atoms with Crippen LogP contribution in [-0.4, -0.2) is 41.9 Å². The van der Waals surface area contributed by atoms with Gasteiger partial charge in [0.2, 0.25) is 11.8 Å². The molecule has 34 heavy (non-hydrogen) atoms. The lowest BCUT2D eigenvalue weighted by Gasteiger charge is -2.25. The van der Waals surface area contributed by atoms with Crippen molar-refractivity contribution in [2.45, 2.75) is 32.9 Å². The molecule has 176 valence electrons. The normalized spacial score (nSPS) is 18.1. The number of nitrogens with one attached hydrogen (secondary N) is 1. The standard InChI is InChI=1S/C26H28N4O3S/c1-17-8-9-22(33-2)21(12-17)30-15-19(13-24(30)31)25(32)28-26-27-20-10-11-29(16-23(20)34-26)14-18-6-4-3-5-7-18/h3-9,12,19H,10-11,13-16H2,1-2H3,(H,27,28,32). The summed E-state index contributed by atoms with van der Waals surface area (Å²) in [7, 11) is 1.59. The predicted octanol–water partition coefficient (Wildman–Crippen LogP) is 4.01. The van der Waals surface area contributed by atoms with Crippen LogP contribution < -0.4 is 15.0 Å². The van der Waals surface area contributed by atoms with Gasteiger partial charge in [-0.2, -0.15) is 0 Å². The Hall–Kier alpha value is -3.23. The van der Waals surface area contributed by atoms with Crippen LogP contribution in [0.15, 0.2) is 48.5 Å². The summed E-state index contributed by atoms with van der Waals surface area (Å²) in [5.74, 6) is -0.0189. The third-order valence-electron chi connectivity index (χ3n) is 6.41. The van der Waals surface area contributed by atoms with Crippen molar-refractivity contribution >= 4 is 34.0 Å². The first-order valence-corrected chi connectivity index (χ1v) is 12.3. The number of rotatable bonds is 6. The van der Waals surface area contributed by atoms with E-state index in [1.54, 1.807) is 12.0 Å². The molecule has 0 bridgehead atoms. The van der Waals surface area contributed by atoms with Crippen molar-refractivity contribution in [3.8, 4) is 5.75 Å². The third kappa shape index (κ3) is 4.69. The Balaban J connectivity index is 1.23. The first kappa shape index (κ1) is 22.6. The third-order valence-corrected chi connectivity index (χ3v) is 7.41. The summed E-state index contributed by atoms with van der Waals surface area (Å²) in [4.78, 5) is 35.7. The monoisotopic (exact) mass is 476 g/mol. The number of aromatic nitrogens is 1. The van der Waals surface area contributed by atoms with Gasteiger partial charge in [0.1, 0.15) is 5.75 Å². The van der Waals surface area contributed by atoms with Crippen molar-refractivity contribution in [1.29, 1.82) is 0 Å². The van der Waals surface area contributed by atoms with E-state index in [9.17, 15) is 9.59 Å². The highest BCUT2D eigenvalue weighted by Gasteiger charge is 2.37. The highest BCUT2D eigenvalue weighted by molar-refractivity contribution is 7.15. The number of carbonyl (C=O) groups excluding carboxylic acids is 2. The number of hydrogen-bond acceptors (Lipinski definition) is 6. The molecule has 8 heteroatoms. The fourth-order valence-electron chi connectivity index (χ4n) is 4.61. The second-order valence-corrected chi connectivity index (χ2v) is 9.99. The average molecular weight is 477 g/mol. The van der Waals surface area contributed by atoms with E-state index in [2.05, 4.69) is 39.5 Å². The van der Waals surface area contributed by atoms with Crippen LogP contribution in [0.3, 0.4) is 0 Å². The molecule has 2 aliphatic heterocycles. The van der Waals surface area contributed by atoms with Crippen LogP contribution in [0.4, 0.5) is 10.8 Å². The van der Waals surface area contributed by atoms with Crippen molar-refractivity contribution in [3.05, 3.63) is 70.2 Å². The molecular formula is C26H28N4O3S. The topological polar surface area (TPSA) is 74.8 Å². The molecule has 1 N–H and O–H groups in total. The molecule has 0 radical (unpaired) electrons. The Bertz CT molecular complexity index is 1210. The first-order chi connectivity index (χ1) is 16.5. The fraction of sp³-hybridized carbons (Fsp3) is 0.346. The molecular weight excluding hydrogens is 448 g/mol. The summed E-state index contributed by atoms with van der Waals surface area (Å²) in [6.07, 6.45) is 1.05. The van der Waals surface area contributed by atoms with Gasteiger partial charge in [-0.15, -0.1) is 11.3 Å². The Morgan fingerprint density at radius 1 is 1.24 bits per heavy atom. The minimum atomic E-state index is -0.423. The predicted molar refractivity (Wildman–Crippen MR) is 133 cm³/mol. The van der Waals surface area contributed by atoms with E-state index in [1.807, 2.05) is 31.2 Å². The maximum absolute atomic E-state index is 13.0. The van der Waals surface area contributed by atoms with E-state index in [1.165, 1.54) is 21.8 Å². The lowest BCUT2D eigenvalue weighted by atomic mass is 10.1. The van der Waals surface area contributed by atoms with Gasteiger partial charge in [-0.1, -0.05) is 36.4 Å². The molecule has 3 aromatic rings. The van der Waals surface area contributed by atoms with Gasteiger partial charge in [0.25, 0.3) is 0 Å². The SMILES string of the molecule is COc1ccc(C)cc1N1CC(C(=O)Nc2nc3c(s2)CN(Cc2ccccc2)CC3)CC1=O. The molecule has 1 unspecified atom stereocenters. The van der Waals surface area contributed by atoms with E-state index in [0.717, 1.165) is 37.3 Å². The number of benzene rings is 2. The largest absolute Gasteiger partial charge is 0.495 e. The second-order valence-electron chi connectivity index (χ2n) is 8.91. The molecule has 0 spiro atoms. The number of ether oxygens (including phenoxy) is 1. The smallest absolute Gasteiger partial charge is 0.231 e. The van der Waals surface area contributed by atoms with Gasteiger partial charge < -0.3 is 15.0 Å². The van der Waals surface area contributed by atoms with Crippen LogP contribution in [0, 0.1) is 12.8 Å². The van der Waals surface area contributed by atoms with Crippen molar-refractivity contribution in [2.24, 2.45) is 5.92 Å². The minimum Gasteiger partial charge on any atom is -0.495 e. The quantitative estimate of drug-likeness (QED) is 0.582. The molecule has 2 aromatic carbocycles. The number of thiazole rings is 1. The van der Waals surface area contributed by atoms with Crippen LogP contribution in [0.25, 0.3) is 0 Å². The molecule has 1 fully saturated rings. The van der Waals surface area contributed by atoms with E-state index >= 15 is 0 Å². The summed E-state index contributed by atoms with van der Waals surface area (Å²) in [5, 5.41) is 3.60. The molecule has 3 heterocycles. The molecule has 1 saturated heterocycles. The number of carbonyl (C=O) groups is 2. The molecule has 0 saturated carbocycles. The molecule has 5 rings (SSSR count). The van der Waals surface area contributed by atoms with Crippen LogP contribution >= 0.6 is 11.3 Å². The number of anilines is 2. The Kier molecular flexibility index (Phi) is 6.34. The summed E-state index contributed by atoms with van der Waals surface area (Å²) >= 11 is 1.54. The Morgan fingerprint density at radius 3 is 2.85 bits per heavy atom. The summed E-state index contributed by atoms with van der Waals surface area (Å²) in [6, 6.07) is 16.2. The molecule has 1 aromatic heterocycles. The van der Waals surface area contributed by atoms with E-state index in [-0.39, 0.29) is 18.2 Å². The fourth-order valence-corrected chi connectivity index (χ4v) is 5.67. The number of methoxy groups -OCH3 is 1. The maximum Gasteiger partial charge on any atom is 0.231 e. The second kappa shape index (κ2) is 9.56. The van der Waals surface area contributed by atoms with Crippen molar-refractivity contribution < 1.29 is 14.3 Å². The number of aryl methyl sites for hydroxylation is 1. The van der Waals surface area contributed by atoms with Crippen molar-refractivity contribution in [2.75, 3.05) is 30.4 Å². The summed E-state index contributed by atoms with van der Waals surface area (Å²) < 4.78 is 5.44. The van der Waals surface area contributed by atoms with E-state index in [0.29, 0.717) is 23.1 Å². The molecule has 2 aliphatic rings. The van der Waals surface area contributed by atoms with Gasteiger partial charge in [-0.3, -0.25) is 14.5 Å². The Labute approximate surface area is 203 Å². The zero-order chi connectivity index (χ0) is 23.7. The molecule has 7 nitrogen and oxygen atoms in total. The number of amides is 2. The van der Waals surface area contributed by atoms with Gasteiger partial charge in [-0.25, -0.2) is 4.98 Å². The minimum absolute atomic E-state index is 0.0703. The maximum atomic E-state index is 13.0. The first-order valence-electron chi connectivity index (χ1n) is 11.5. The highest BCUT2D eigenvalue weighted by Crippen LogP contribution is 2.35. The van der Waals surface area contributed by atoms with Gasteiger partial charge in [-0.05, 0) is 30.2 Å². The van der Waals surface area contributed by atoms with Crippen LogP contribution in [0.1, 0.15) is 28.1 Å². The van der Waals surface area contributed by atoms with Gasteiger partial charge in [0.15, 0.2) is 5.13 Å². The van der Waals surface area contributed by atoms with Crippen molar-refractivity contribution in [1.82, 2.24) is 9.88 Å². The molecule has 0 aliphatic carbocycles. The van der Waals surface area contributed by atoms with Crippen LogP contribution in [0.5, 0.6) is 5.75 Å². The Morgan fingerprint density at radius 2 is 2.06 bits per heavy atom. The lowest BCUT2D eigenvalue weighted by Crippen LogP contribution is -2.29. The van der Waals surface area contributed by atoms with Crippen LogP contribution in [-0.2, 0) is 29.1 Å². The molecule has 1 atom stereocenters. The number of nitrogens with zero attached hydrogens (tertiary/aromatic N) is 3.